The third-order valence-electron chi connectivity index (χ3n) is 3.69. The van der Waals surface area contributed by atoms with Gasteiger partial charge in [-0.15, -0.1) is 0 Å². The van der Waals surface area contributed by atoms with Crippen molar-refractivity contribution in [1.82, 2.24) is 10.2 Å². The summed E-state index contributed by atoms with van der Waals surface area (Å²) in [5.74, 6) is -1.70. The van der Waals surface area contributed by atoms with Crippen molar-refractivity contribution >= 4 is 17.8 Å². The molecule has 21 heavy (non-hydrogen) atoms. The van der Waals surface area contributed by atoms with Crippen molar-refractivity contribution in [2.24, 2.45) is 11.3 Å². The number of amides is 2. The number of aliphatic carboxylic acids is 1. The molecule has 1 aliphatic rings. The number of likely N-dealkylation sites (tertiary alicyclic amines) is 1. The van der Waals surface area contributed by atoms with Gasteiger partial charge in [0.1, 0.15) is 12.1 Å². The van der Waals surface area contributed by atoms with Gasteiger partial charge in [-0.05, 0) is 18.8 Å². The zero-order valence-corrected chi connectivity index (χ0v) is 13.5. The maximum atomic E-state index is 12.4. The minimum atomic E-state index is -1.05. The van der Waals surface area contributed by atoms with Crippen LogP contribution in [0.25, 0.3) is 0 Å². The van der Waals surface area contributed by atoms with Crippen LogP contribution in [0, 0.1) is 11.3 Å². The highest BCUT2D eigenvalue weighted by atomic mass is 16.4. The first-order valence-corrected chi connectivity index (χ1v) is 7.40. The van der Waals surface area contributed by atoms with E-state index in [4.69, 9.17) is 5.11 Å². The van der Waals surface area contributed by atoms with Crippen LogP contribution in [-0.4, -0.2) is 46.4 Å². The molecule has 1 fully saturated rings. The highest BCUT2D eigenvalue weighted by Gasteiger charge is 2.39. The molecule has 120 valence electrons. The van der Waals surface area contributed by atoms with Crippen LogP contribution in [-0.2, 0) is 14.4 Å². The Balaban J connectivity index is 2.81. The minimum Gasteiger partial charge on any atom is -0.480 e. The van der Waals surface area contributed by atoms with Crippen LogP contribution in [0.1, 0.15) is 47.5 Å². The van der Waals surface area contributed by atoms with Crippen LogP contribution < -0.4 is 5.32 Å². The lowest BCUT2D eigenvalue weighted by atomic mass is 9.94. The molecule has 6 nitrogen and oxygen atoms in total. The third-order valence-corrected chi connectivity index (χ3v) is 3.69. The van der Waals surface area contributed by atoms with Crippen molar-refractivity contribution in [3.63, 3.8) is 0 Å². The number of carboxylic acids is 1. The van der Waals surface area contributed by atoms with Crippen LogP contribution in [0.5, 0.6) is 0 Å². The van der Waals surface area contributed by atoms with Gasteiger partial charge in [-0.3, -0.25) is 9.59 Å². The summed E-state index contributed by atoms with van der Waals surface area (Å²) in [6.45, 7) is 9.48. The number of nitrogens with one attached hydrogen (secondary N) is 1. The summed E-state index contributed by atoms with van der Waals surface area (Å²) >= 11 is 0. The van der Waals surface area contributed by atoms with E-state index in [0.29, 0.717) is 13.0 Å². The van der Waals surface area contributed by atoms with Gasteiger partial charge < -0.3 is 15.3 Å². The van der Waals surface area contributed by atoms with E-state index in [1.54, 1.807) is 18.7 Å². The average molecular weight is 298 g/mol. The molecule has 1 heterocycles. The highest BCUT2D eigenvalue weighted by molar-refractivity contribution is 5.92. The van der Waals surface area contributed by atoms with Gasteiger partial charge in [0.05, 0.1) is 0 Å². The normalized spacial score (nSPS) is 20.5. The molecule has 2 N–H and O–H groups in total. The third kappa shape index (κ3) is 4.19. The Morgan fingerprint density at radius 2 is 1.81 bits per heavy atom. The molecular formula is C15H26N2O4. The molecule has 0 aromatic heterocycles. The molecule has 2 atom stereocenters. The quantitative estimate of drug-likeness (QED) is 0.817. The molecular weight excluding hydrogens is 272 g/mol. The molecule has 2 unspecified atom stereocenters. The minimum absolute atomic E-state index is 0.0726. The molecule has 2 amide bonds. The van der Waals surface area contributed by atoms with Gasteiger partial charge in [0.15, 0.2) is 0 Å². The second kappa shape index (κ2) is 6.45. The van der Waals surface area contributed by atoms with Crippen LogP contribution >= 0.6 is 0 Å². The first-order chi connectivity index (χ1) is 9.55. The number of hydrogen-bond donors (Lipinski definition) is 2. The number of rotatable bonds is 4. The summed E-state index contributed by atoms with van der Waals surface area (Å²) in [7, 11) is 0. The molecule has 0 radical (unpaired) electrons. The Kier molecular flexibility index (Phi) is 5.36. The molecule has 1 aliphatic heterocycles. The molecule has 0 aliphatic carbocycles. The van der Waals surface area contributed by atoms with E-state index in [0.717, 1.165) is 6.42 Å². The first kappa shape index (κ1) is 17.5. The summed E-state index contributed by atoms with van der Waals surface area (Å²) in [5, 5.41) is 11.7. The van der Waals surface area contributed by atoms with Gasteiger partial charge in [-0.1, -0.05) is 34.6 Å². The predicted molar refractivity (Wildman–Crippen MR) is 78.6 cm³/mol. The second-order valence-electron chi connectivity index (χ2n) is 6.98. The van der Waals surface area contributed by atoms with Crippen molar-refractivity contribution in [2.45, 2.75) is 59.5 Å². The zero-order chi connectivity index (χ0) is 16.4. The Bertz CT molecular complexity index is 426. The summed E-state index contributed by atoms with van der Waals surface area (Å²) in [6.07, 6.45) is 1.34. The maximum absolute atomic E-state index is 12.4. The Labute approximate surface area is 125 Å². The second-order valence-corrected chi connectivity index (χ2v) is 6.98. The van der Waals surface area contributed by atoms with Crippen LogP contribution in [0.4, 0.5) is 0 Å². The fourth-order valence-electron chi connectivity index (χ4n) is 2.48. The summed E-state index contributed by atoms with van der Waals surface area (Å²) in [4.78, 5) is 37.5. The summed E-state index contributed by atoms with van der Waals surface area (Å²) in [6, 6.07) is -1.48. The van der Waals surface area contributed by atoms with Crippen molar-refractivity contribution in [2.75, 3.05) is 6.54 Å². The van der Waals surface area contributed by atoms with Crippen LogP contribution in [0.15, 0.2) is 0 Å². The number of carbonyl (C=O) groups is 3. The molecule has 0 spiro atoms. The van der Waals surface area contributed by atoms with E-state index in [9.17, 15) is 14.4 Å². The van der Waals surface area contributed by atoms with Gasteiger partial charge in [0, 0.05) is 12.0 Å². The van der Waals surface area contributed by atoms with E-state index in [1.807, 2.05) is 20.8 Å². The molecule has 6 heteroatoms. The summed E-state index contributed by atoms with van der Waals surface area (Å²) < 4.78 is 0. The van der Waals surface area contributed by atoms with Gasteiger partial charge in [-0.2, -0.15) is 0 Å². The SMILES string of the molecule is CC(C)C(NC(=O)C1CCCN1C(=O)C(C)(C)C)C(=O)O. The topological polar surface area (TPSA) is 86.7 Å². The van der Waals surface area contributed by atoms with Crippen LogP contribution in [0.3, 0.4) is 0 Å². The lowest BCUT2D eigenvalue weighted by Crippen LogP contribution is -2.53. The summed E-state index contributed by atoms with van der Waals surface area (Å²) in [5.41, 5.74) is -0.548. The van der Waals surface area contributed by atoms with Crippen molar-refractivity contribution in [3.8, 4) is 0 Å². The van der Waals surface area contributed by atoms with Crippen molar-refractivity contribution in [1.29, 1.82) is 0 Å². The van der Waals surface area contributed by atoms with E-state index < -0.39 is 23.5 Å². The number of carboxylic acid groups (broad SMARTS) is 1. The number of hydrogen-bond acceptors (Lipinski definition) is 3. The highest BCUT2D eigenvalue weighted by Crippen LogP contribution is 2.25. The lowest BCUT2D eigenvalue weighted by Gasteiger charge is -2.31. The van der Waals surface area contributed by atoms with Crippen molar-refractivity contribution < 1.29 is 19.5 Å². The molecule has 0 aromatic rings. The fraction of sp³-hybridized carbons (Fsp3) is 0.800. The van der Waals surface area contributed by atoms with Crippen LogP contribution in [0.2, 0.25) is 0 Å². The Morgan fingerprint density at radius 1 is 1.24 bits per heavy atom. The molecule has 0 saturated carbocycles. The molecule has 1 saturated heterocycles. The van der Waals surface area contributed by atoms with E-state index >= 15 is 0 Å². The molecule has 0 bridgehead atoms. The zero-order valence-electron chi connectivity index (χ0n) is 13.5. The average Bonchev–Trinajstić information content (AvgIpc) is 2.81. The van der Waals surface area contributed by atoms with E-state index in [-0.39, 0.29) is 17.7 Å². The Morgan fingerprint density at radius 3 is 2.24 bits per heavy atom. The van der Waals surface area contributed by atoms with Crippen molar-refractivity contribution in [3.05, 3.63) is 0 Å². The monoisotopic (exact) mass is 298 g/mol. The van der Waals surface area contributed by atoms with Gasteiger partial charge >= 0.3 is 5.97 Å². The fourth-order valence-corrected chi connectivity index (χ4v) is 2.48. The largest absolute Gasteiger partial charge is 0.480 e. The Hall–Kier alpha value is -1.59. The first-order valence-electron chi connectivity index (χ1n) is 7.40. The maximum Gasteiger partial charge on any atom is 0.326 e. The molecule has 0 aromatic carbocycles. The van der Waals surface area contributed by atoms with Gasteiger partial charge in [0.25, 0.3) is 0 Å². The predicted octanol–water partition coefficient (Wildman–Crippen LogP) is 1.25. The number of carbonyl (C=O) groups excluding carboxylic acids is 2. The standard InChI is InChI=1S/C15H26N2O4/c1-9(2)11(13(19)20)16-12(18)10-7-6-8-17(10)14(21)15(3,4)5/h9-11H,6-8H2,1-5H3,(H,16,18)(H,19,20). The van der Waals surface area contributed by atoms with E-state index in [2.05, 4.69) is 5.32 Å². The smallest absolute Gasteiger partial charge is 0.326 e. The van der Waals surface area contributed by atoms with Gasteiger partial charge in [0.2, 0.25) is 11.8 Å². The molecule has 1 rings (SSSR count). The van der Waals surface area contributed by atoms with Gasteiger partial charge in [-0.25, -0.2) is 4.79 Å². The number of nitrogens with zero attached hydrogens (tertiary/aromatic N) is 1. The lowest BCUT2D eigenvalue weighted by molar-refractivity contribution is -0.147. The van der Waals surface area contributed by atoms with E-state index in [1.165, 1.54) is 0 Å².